The van der Waals surface area contributed by atoms with Crippen molar-refractivity contribution in [1.29, 1.82) is 0 Å². The molecule has 0 amide bonds. The molecule has 3 nitrogen and oxygen atoms in total. The SMILES string of the molecule is CCCCCCCCCCCCC/C=C/O[P+](=O)O/C=C/CCCCCCCCCCCCC. The average molecular weight is 498 g/mol. The molecule has 0 N–H and O–H groups in total. The Kier molecular flexibility index (Phi) is 29.5. The van der Waals surface area contributed by atoms with Crippen molar-refractivity contribution in [1.82, 2.24) is 0 Å². The van der Waals surface area contributed by atoms with Crippen LogP contribution >= 0.6 is 8.25 Å². The first-order valence-corrected chi connectivity index (χ1v) is 16.0. The third-order valence-corrected chi connectivity index (χ3v) is 7.02. The molecule has 34 heavy (non-hydrogen) atoms. The molecule has 0 aromatic rings. The summed E-state index contributed by atoms with van der Waals surface area (Å²) < 4.78 is 21.9. The predicted octanol–water partition coefficient (Wildman–Crippen LogP) is 12.1. The first kappa shape index (κ1) is 33.2. The van der Waals surface area contributed by atoms with E-state index in [1.165, 1.54) is 154 Å². The van der Waals surface area contributed by atoms with E-state index in [0.29, 0.717) is 0 Å². The van der Waals surface area contributed by atoms with Gasteiger partial charge in [-0.05, 0) is 37.8 Å². The molecule has 4 heteroatoms. The Morgan fingerprint density at radius 3 is 1.00 bits per heavy atom. The van der Waals surface area contributed by atoms with Crippen LogP contribution in [0.25, 0.3) is 0 Å². The largest absolute Gasteiger partial charge is 0.804 e. The molecule has 0 unspecified atom stereocenters. The van der Waals surface area contributed by atoms with E-state index in [9.17, 15) is 4.57 Å². The molecule has 0 fully saturated rings. The van der Waals surface area contributed by atoms with E-state index < -0.39 is 8.25 Å². The van der Waals surface area contributed by atoms with Gasteiger partial charge < -0.3 is 0 Å². The minimum absolute atomic E-state index is 0.981. The Hall–Kier alpha value is -0.820. The van der Waals surface area contributed by atoms with Gasteiger partial charge in [-0.25, -0.2) is 9.05 Å². The van der Waals surface area contributed by atoms with Gasteiger partial charge in [-0.1, -0.05) is 142 Å². The van der Waals surface area contributed by atoms with Crippen molar-refractivity contribution in [3.63, 3.8) is 0 Å². The van der Waals surface area contributed by atoms with Crippen molar-refractivity contribution in [2.45, 2.75) is 168 Å². The second-order valence-electron chi connectivity index (χ2n) is 9.83. The second-order valence-corrected chi connectivity index (χ2v) is 10.7. The van der Waals surface area contributed by atoms with Gasteiger partial charge in [0.2, 0.25) is 0 Å². The molecule has 0 aliphatic carbocycles. The molecule has 0 saturated carbocycles. The van der Waals surface area contributed by atoms with Gasteiger partial charge in [0, 0.05) is 4.57 Å². The molecule has 0 radical (unpaired) electrons. The van der Waals surface area contributed by atoms with Gasteiger partial charge in [0.25, 0.3) is 0 Å². The Morgan fingerprint density at radius 1 is 0.441 bits per heavy atom. The standard InChI is InChI=1S/C30H58O3P/c1-3-5-7-9-11-13-15-17-19-21-23-25-27-29-32-34(31)33-30-28-26-24-22-20-18-16-14-12-10-8-6-4-2/h27-30H,3-26H2,1-2H3/q+1/b29-27+,30-28+. The van der Waals surface area contributed by atoms with Gasteiger partial charge in [-0.3, -0.25) is 0 Å². The van der Waals surface area contributed by atoms with Crippen molar-refractivity contribution in [2.75, 3.05) is 0 Å². The van der Waals surface area contributed by atoms with E-state index in [2.05, 4.69) is 13.8 Å². The van der Waals surface area contributed by atoms with Crippen LogP contribution in [0.4, 0.5) is 0 Å². The smallest absolute Gasteiger partial charge is 0.231 e. The number of rotatable bonds is 28. The highest BCUT2D eigenvalue weighted by Crippen LogP contribution is 2.24. The summed E-state index contributed by atoms with van der Waals surface area (Å²) in [5.41, 5.74) is 0. The van der Waals surface area contributed by atoms with E-state index in [0.717, 1.165) is 12.8 Å². The normalized spacial score (nSPS) is 11.6. The third-order valence-electron chi connectivity index (χ3n) is 6.43. The van der Waals surface area contributed by atoms with Crippen LogP contribution in [-0.2, 0) is 13.6 Å². The summed E-state index contributed by atoms with van der Waals surface area (Å²) in [7, 11) is -2.09. The maximum atomic E-state index is 11.7. The lowest BCUT2D eigenvalue weighted by Crippen LogP contribution is -1.82. The Balaban J connectivity index is 3.30. The second kappa shape index (κ2) is 30.2. The van der Waals surface area contributed by atoms with Crippen LogP contribution < -0.4 is 0 Å². The molecule has 200 valence electrons. The van der Waals surface area contributed by atoms with Crippen LogP contribution in [-0.4, -0.2) is 0 Å². The van der Waals surface area contributed by atoms with E-state index in [4.69, 9.17) is 9.05 Å². The van der Waals surface area contributed by atoms with Crippen molar-refractivity contribution in [2.24, 2.45) is 0 Å². The topological polar surface area (TPSA) is 35.5 Å². The minimum atomic E-state index is -2.09. The van der Waals surface area contributed by atoms with E-state index in [1.807, 2.05) is 12.2 Å². The van der Waals surface area contributed by atoms with Crippen molar-refractivity contribution in [3.8, 4) is 0 Å². The van der Waals surface area contributed by atoms with Gasteiger partial charge in [-0.15, -0.1) is 0 Å². The van der Waals surface area contributed by atoms with E-state index in [-0.39, 0.29) is 0 Å². The van der Waals surface area contributed by atoms with E-state index in [1.54, 1.807) is 0 Å². The highest BCUT2D eigenvalue weighted by atomic mass is 31.1. The van der Waals surface area contributed by atoms with Gasteiger partial charge >= 0.3 is 8.25 Å². The fourth-order valence-electron chi connectivity index (χ4n) is 4.20. The molecule has 0 aliphatic heterocycles. The zero-order chi connectivity index (χ0) is 24.8. The summed E-state index contributed by atoms with van der Waals surface area (Å²) in [4.78, 5) is 0. The van der Waals surface area contributed by atoms with Crippen LogP contribution in [0.3, 0.4) is 0 Å². The van der Waals surface area contributed by atoms with Crippen LogP contribution in [0.1, 0.15) is 168 Å². The van der Waals surface area contributed by atoms with Crippen LogP contribution in [0, 0.1) is 0 Å². The summed E-state index contributed by atoms with van der Waals surface area (Å²) >= 11 is 0. The minimum Gasteiger partial charge on any atom is -0.231 e. The number of hydrogen-bond acceptors (Lipinski definition) is 3. The van der Waals surface area contributed by atoms with Crippen LogP contribution in [0.15, 0.2) is 24.7 Å². The number of allylic oxidation sites excluding steroid dienone is 2. The third kappa shape index (κ3) is 29.2. The zero-order valence-corrected chi connectivity index (χ0v) is 23.8. The molecule has 0 saturated heterocycles. The van der Waals surface area contributed by atoms with Gasteiger partial charge in [0.05, 0.1) is 0 Å². The monoisotopic (exact) mass is 497 g/mol. The molecule has 0 bridgehead atoms. The Labute approximate surface area is 214 Å². The van der Waals surface area contributed by atoms with Gasteiger partial charge in [0.15, 0.2) is 12.5 Å². The first-order chi connectivity index (χ1) is 16.8. The molecule has 0 aromatic carbocycles. The lowest BCUT2D eigenvalue weighted by Gasteiger charge is -2.01. The lowest BCUT2D eigenvalue weighted by atomic mass is 10.1. The molecule has 0 aliphatic rings. The predicted molar refractivity (Wildman–Crippen MR) is 150 cm³/mol. The van der Waals surface area contributed by atoms with Crippen LogP contribution in [0.2, 0.25) is 0 Å². The fourth-order valence-corrected chi connectivity index (χ4v) is 4.62. The molecule has 0 rings (SSSR count). The lowest BCUT2D eigenvalue weighted by molar-refractivity contribution is 0.354. The summed E-state index contributed by atoms with van der Waals surface area (Å²) in [5, 5.41) is 0. The Bertz CT molecular complexity index is 422. The van der Waals surface area contributed by atoms with Crippen molar-refractivity contribution in [3.05, 3.63) is 24.7 Å². The molecule has 0 atom stereocenters. The number of hydrogen-bond donors (Lipinski definition) is 0. The molecule has 0 aromatic heterocycles. The molecular formula is C30H58O3P+. The average Bonchev–Trinajstić information content (AvgIpc) is 2.84. The van der Waals surface area contributed by atoms with Crippen LogP contribution in [0.5, 0.6) is 0 Å². The maximum absolute atomic E-state index is 11.7. The first-order valence-electron chi connectivity index (χ1n) is 14.9. The fraction of sp³-hybridized carbons (Fsp3) is 0.867. The molecule has 0 heterocycles. The summed E-state index contributed by atoms with van der Waals surface area (Å²) in [6.07, 6.45) is 38.7. The van der Waals surface area contributed by atoms with Gasteiger partial charge in [-0.2, -0.15) is 0 Å². The van der Waals surface area contributed by atoms with Gasteiger partial charge in [0.1, 0.15) is 0 Å². The quantitative estimate of drug-likeness (QED) is 0.0612. The maximum Gasteiger partial charge on any atom is 0.804 e. The Morgan fingerprint density at radius 2 is 0.706 bits per heavy atom. The molecule has 0 spiro atoms. The number of unbranched alkanes of at least 4 members (excludes halogenated alkanes) is 22. The van der Waals surface area contributed by atoms with Crippen molar-refractivity contribution >= 4 is 8.25 Å². The van der Waals surface area contributed by atoms with Crippen molar-refractivity contribution < 1.29 is 13.6 Å². The summed E-state index contributed by atoms with van der Waals surface area (Å²) in [6, 6.07) is 0. The zero-order valence-electron chi connectivity index (χ0n) is 23.0. The highest BCUT2D eigenvalue weighted by molar-refractivity contribution is 7.33. The summed E-state index contributed by atoms with van der Waals surface area (Å²) in [5.74, 6) is 0. The van der Waals surface area contributed by atoms with E-state index >= 15 is 0 Å². The highest BCUT2D eigenvalue weighted by Gasteiger charge is 2.16. The summed E-state index contributed by atoms with van der Waals surface area (Å²) in [6.45, 7) is 4.54. The molecular weight excluding hydrogens is 439 g/mol.